The third kappa shape index (κ3) is 3.40. The molecule has 22 heavy (non-hydrogen) atoms. The Morgan fingerprint density at radius 1 is 1.14 bits per heavy atom. The van der Waals surface area contributed by atoms with Crippen molar-refractivity contribution >= 4 is 33.8 Å². The van der Waals surface area contributed by atoms with Crippen LogP contribution in [0.4, 0.5) is 10.8 Å². The van der Waals surface area contributed by atoms with Crippen molar-refractivity contribution in [1.82, 2.24) is 4.98 Å². The highest BCUT2D eigenvalue weighted by atomic mass is 35.5. The van der Waals surface area contributed by atoms with Gasteiger partial charge < -0.3 is 10.1 Å². The van der Waals surface area contributed by atoms with Gasteiger partial charge in [0.15, 0.2) is 5.13 Å². The van der Waals surface area contributed by atoms with E-state index >= 15 is 0 Å². The molecule has 0 fully saturated rings. The summed E-state index contributed by atoms with van der Waals surface area (Å²) in [5, 5.41) is 6.83. The number of rotatable bonds is 5. The van der Waals surface area contributed by atoms with Crippen molar-refractivity contribution in [2.75, 3.05) is 11.9 Å². The molecule has 2 aromatic carbocycles. The predicted octanol–water partition coefficient (Wildman–Crippen LogP) is 5.61. The fourth-order valence-electron chi connectivity index (χ4n) is 2.05. The van der Waals surface area contributed by atoms with Crippen molar-refractivity contribution in [3.8, 4) is 17.0 Å². The average Bonchev–Trinajstić information content (AvgIpc) is 2.98. The number of hydrogen-bond donors (Lipinski definition) is 1. The lowest BCUT2D eigenvalue weighted by molar-refractivity contribution is 0.340. The van der Waals surface area contributed by atoms with Crippen molar-refractivity contribution in [2.24, 2.45) is 0 Å². The van der Waals surface area contributed by atoms with E-state index in [0.29, 0.717) is 11.6 Å². The van der Waals surface area contributed by atoms with E-state index in [-0.39, 0.29) is 0 Å². The zero-order valence-corrected chi connectivity index (χ0v) is 13.6. The second kappa shape index (κ2) is 6.81. The van der Waals surface area contributed by atoms with Crippen LogP contribution in [-0.4, -0.2) is 11.6 Å². The number of nitrogens with one attached hydrogen (secondary N) is 1. The van der Waals surface area contributed by atoms with E-state index in [4.69, 9.17) is 16.3 Å². The van der Waals surface area contributed by atoms with Gasteiger partial charge in [-0.05, 0) is 37.3 Å². The molecule has 1 heterocycles. The first-order valence-corrected chi connectivity index (χ1v) is 8.22. The SMILES string of the molecule is CCOc1ccc(Nc2nc(-c3ccccc3Cl)cs2)cc1. The minimum absolute atomic E-state index is 0.667. The van der Waals surface area contributed by atoms with Gasteiger partial charge in [0.2, 0.25) is 0 Å². The number of halogens is 1. The number of thiazole rings is 1. The topological polar surface area (TPSA) is 34.1 Å². The van der Waals surface area contributed by atoms with Crippen LogP contribution in [0.15, 0.2) is 53.9 Å². The molecule has 0 saturated carbocycles. The smallest absolute Gasteiger partial charge is 0.187 e. The molecule has 0 aliphatic heterocycles. The van der Waals surface area contributed by atoms with Crippen LogP contribution in [0.3, 0.4) is 0 Å². The van der Waals surface area contributed by atoms with Gasteiger partial charge in [-0.25, -0.2) is 4.98 Å². The predicted molar refractivity (Wildman–Crippen MR) is 93.5 cm³/mol. The fourth-order valence-corrected chi connectivity index (χ4v) is 3.01. The molecule has 0 aliphatic carbocycles. The summed E-state index contributed by atoms with van der Waals surface area (Å²) in [5.41, 5.74) is 2.80. The Morgan fingerprint density at radius 2 is 1.91 bits per heavy atom. The largest absolute Gasteiger partial charge is 0.494 e. The molecule has 0 spiro atoms. The molecule has 3 rings (SSSR count). The molecule has 0 atom stereocenters. The number of benzene rings is 2. The van der Waals surface area contributed by atoms with E-state index < -0.39 is 0 Å². The van der Waals surface area contributed by atoms with Gasteiger partial charge in [-0.15, -0.1) is 11.3 Å². The van der Waals surface area contributed by atoms with Crippen LogP contribution in [0.2, 0.25) is 5.02 Å². The van der Waals surface area contributed by atoms with Crippen molar-refractivity contribution < 1.29 is 4.74 Å². The van der Waals surface area contributed by atoms with Crippen LogP contribution in [0.5, 0.6) is 5.75 Å². The van der Waals surface area contributed by atoms with Crippen LogP contribution in [0.25, 0.3) is 11.3 Å². The Labute approximate surface area is 138 Å². The molecule has 3 nitrogen and oxygen atoms in total. The summed E-state index contributed by atoms with van der Waals surface area (Å²) >= 11 is 7.76. The van der Waals surface area contributed by atoms with Crippen molar-refractivity contribution in [3.05, 3.63) is 58.9 Å². The van der Waals surface area contributed by atoms with Gasteiger partial charge in [-0.3, -0.25) is 0 Å². The van der Waals surface area contributed by atoms with Gasteiger partial charge in [0.05, 0.1) is 12.3 Å². The Balaban J connectivity index is 1.75. The van der Waals surface area contributed by atoms with Crippen LogP contribution in [-0.2, 0) is 0 Å². The zero-order valence-electron chi connectivity index (χ0n) is 12.0. The summed E-state index contributed by atoms with van der Waals surface area (Å²) in [6.45, 7) is 2.64. The average molecular weight is 331 g/mol. The lowest BCUT2D eigenvalue weighted by atomic mass is 10.2. The molecule has 3 aromatic rings. The minimum Gasteiger partial charge on any atom is -0.494 e. The molecule has 0 radical (unpaired) electrons. The summed E-state index contributed by atoms with van der Waals surface area (Å²) in [6.07, 6.45) is 0. The number of hydrogen-bond acceptors (Lipinski definition) is 4. The van der Waals surface area contributed by atoms with E-state index in [9.17, 15) is 0 Å². The summed E-state index contributed by atoms with van der Waals surface area (Å²) in [5.74, 6) is 0.865. The highest BCUT2D eigenvalue weighted by Gasteiger charge is 2.08. The molecular weight excluding hydrogens is 316 g/mol. The fraction of sp³-hybridized carbons (Fsp3) is 0.118. The Bertz CT molecular complexity index is 755. The van der Waals surface area contributed by atoms with Crippen molar-refractivity contribution in [3.63, 3.8) is 0 Å². The monoisotopic (exact) mass is 330 g/mol. The van der Waals surface area contributed by atoms with Crippen molar-refractivity contribution in [2.45, 2.75) is 6.92 Å². The standard InChI is InChI=1S/C17H15ClN2OS/c1-2-21-13-9-7-12(8-10-13)19-17-20-16(11-22-17)14-5-3-4-6-15(14)18/h3-11H,2H2,1H3,(H,19,20). The third-order valence-corrected chi connectivity index (χ3v) is 4.16. The molecule has 5 heteroatoms. The van der Waals surface area contributed by atoms with Gasteiger partial charge in [0.25, 0.3) is 0 Å². The first-order valence-electron chi connectivity index (χ1n) is 6.96. The molecular formula is C17H15ClN2OS. The molecule has 1 N–H and O–H groups in total. The first-order chi connectivity index (χ1) is 10.8. The Kier molecular flexibility index (Phi) is 4.61. The Morgan fingerprint density at radius 3 is 2.64 bits per heavy atom. The third-order valence-electron chi connectivity index (χ3n) is 3.07. The van der Waals surface area contributed by atoms with Gasteiger partial charge >= 0.3 is 0 Å². The number of anilines is 2. The molecule has 0 bridgehead atoms. The maximum Gasteiger partial charge on any atom is 0.187 e. The number of ether oxygens (including phenoxy) is 1. The lowest BCUT2D eigenvalue weighted by Crippen LogP contribution is -1.93. The highest BCUT2D eigenvalue weighted by Crippen LogP contribution is 2.31. The number of aromatic nitrogens is 1. The van der Waals surface area contributed by atoms with E-state index in [2.05, 4.69) is 10.3 Å². The van der Waals surface area contributed by atoms with Crippen LogP contribution < -0.4 is 10.1 Å². The molecule has 1 aromatic heterocycles. The highest BCUT2D eigenvalue weighted by molar-refractivity contribution is 7.14. The normalized spacial score (nSPS) is 10.5. The second-order valence-corrected chi connectivity index (χ2v) is 5.87. The molecule has 0 unspecified atom stereocenters. The quantitative estimate of drug-likeness (QED) is 0.660. The van der Waals surface area contributed by atoms with E-state index in [1.807, 2.05) is 60.8 Å². The van der Waals surface area contributed by atoms with E-state index in [0.717, 1.165) is 27.8 Å². The maximum atomic E-state index is 6.21. The lowest BCUT2D eigenvalue weighted by Gasteiger charge is -2.05. The number of nitrogens with zero attached hydrogens (tertiary/aromatic N) is 1. The Hall–Kier alpha value is -2.04. The van der Waals surface area contributed by atoms with E-state index in [1.54, 1.807) is 11.3 Å². The van der Waals surface area contributed by atoms with Crippen molar-refractivity contribution in [1.29, 1.82) is 0 Å². The summed E-state index contributed by atoms with van der Waals surface area (Å²) in [6, 6.07) is 15.5. The van der Waals surface area contributed by atoms with Crippen LogP contribution >= 0.6 is 22.9 Å². The summed E-state index contributed by atoms with van der Waals surface area (Å²) in [4.78, 5) is 4.59. The van der Waals surface area contributed by atoms with Crippen LogP contribution in [0.1, 0.15) is 6.92 Å². The molecule has 0 aliphatic rings. The first kappa shape index (κ1) is 14.9. The van der Waals surface area contributed by atoms with Gasteiger partial charge in [-0.1, -0.05) is 29.8 Å². The van der Waals surface area contributed by atoms with Gasteiger partial charge in [0, 0.05) is 21.7 Å². The maximum absolute atomic E-state index is 6.21. The summed E-state index contributed by atoms with van der Waals surface area (Å²) < 4.78 is 5.43. The second-order valence-electron chi connectivity index (χ2n) is 4.60. The van der Waals surface area contributed by atoms with Crippen LogP contribution in [0, 0.1) is 0 Å². The van der Waals surface area contributed by atoms with E-state index in [1.165, 1.54) is 0 Å². The molecule has 0 saturated heterocycles. The molecule has 112 valence electrons. The minimum atomic E-state index is 0.667. The summed E-state index contributed by atoms with van der Waals surface area (Å²) in [7, 11) is 0. The van der Waals surface area contributed by atoms with Gasteiger partial charge in [0.1, 0.15) is 5.75 Å². The van der Waals surface area contributed by atoms with Gasteiger partial charge in [-0.2, -0.15) is 0 Å². The zero-order chi connectivity index (χ0) is 15.4. The molecule has 0 amide bonds.